The molecule has 1 aliphatic rings. The van der Waals surface area contributed by atoms with Crippen LogP contribution in [-0.4, -0.2) is 39.8 Å². The van der Waals surface area contributed by atoms with E-state index >= 15 is 0 Å². The fourth-order valence-electron chi connectivity index (χ4n) is 4.11. The normalized spacial score (nSPS) is 13.4. The van der Waals surface area contributed by atoms with E-state index in [2.05, 4.69) is 9.88 Å². The minimum Gasteiger partial charge on any atom is -0.487 e. The molecular weight excluding hydrogens is 430 g/mol. The Morgan fingerprint density at radius 2 is 1.79 bits per heavy atom. The lowest BCUT2D eigenvalue weighted by atomic mass is 10.0. The van der Waals surface area contributed by atoms with Crippen molar-refractivity contribution in [2.24, 2.45) is 0 Å². The van der Waals surface area contributed by atoms with E-state index in [9.17, 15) is 9.90 Å². The van der Waals surface area contributed by atoms with E-state index in [1.165, 1.54) is 0 Å². The van der Waals surface area contributed by atoms with Gasteiger partial charge in [0.05, 0.1) is 24.8 Å². The molecule has 1 fully saturated rings. The van der Waals surface area contributed by atoms with Crippen LogP contribution in [0.3, 0.4) is 0 Å². The number of carboxylic acids is 1. The van der Waals surface area contributed by atoms with Crippen LogP contribution in [0.1, 0.15) is 21.5 Å². The number of ether oxygens (including phenoxy) is 2. The van der Waals surface area contributed by atoms with Crippen LogP contribution >= 0.6 is 0 Å². The summed E-state index contributed by atoms with van der Waals surface area (Å²) in [5.41, 5.74) is 3.09. The molecule has 5 rings (SSSR count). The molecule has 0 amide bonds. The SMILES string of the molecule is O=C(O)c1cccc(N2CC(Oc3cccc(COc4cccnc4)c3)C2)c1Cn1cccc1. The molecule has 0 spiro atoms. The molecule has 1 aliphatic heterocycles. The number of carbonyl (C=O) groups is 1. The fourth-order valence-corrected chi connectivity index (χ4v) is 4.11. The average Bonchev–Trinajstić information content (AvgIpc) is 3.34. The third-order valence-electron chi connectivity index (χ3n) is 5.82. The van der Waals surface area contributed by atoms with Gasteiger partial charge in [0, 0.05) is 36.4 Å². The number of aromatic carboxylic acids is 1. The van der Waals surface area contributed by atoms with Crippen LogP contribution in [-0.2, 0) is 13.2 Å². The highest BCUT2D eigenvalue weighted by molar-refractivity contribution is 5.91. The molecule has 0 atom stereocenters. The van der Waals surface area contributed by atoms with E-state index in [-0.39, 0.29) is 6.10 Å². The highest BCUT2D eigenvalue weighted by Gasteiger charge is 2.31. The predicted octanol–water partition coefficient (Wildman–Crippen LogP) is 4.48. The summed E-state index contributed by atoms with van der Waals surface area (Å²) < 4.78 is 13.9. The maximum absolute atomic E-state index is 11.8. The summed E-state index contributed by atoms with van der Waals surface area (Å²) in [5.74, 6) is 0.606. The van der Waals surface area contributed by atoms with Gasteiger partial charge in [0.15, 0.2) is 0 Å². The van der Waals surface area contributed by atoms with Crippen LogP contribution in [0.2, 0.25) is 0 Å². The largest absolute Gasteiger partial charge is 0.487 e. The van der Waals surface area contributed by atoms with Crippen LogP contribution in [0.15, 0.2) is 91.5 Å². The zero-order valence-electron chi connectivity index (χ0n) is 18.6. The third-order valence-corrected chi connectivity index (χ3v) is 5.82. The maximum Gasteiger partial charge on any atom is 0.336 e. The molecule has 7 heteroatoms. The van der Waals surface area contributed by atoms with Crippen LogP contribution < -0.4 is 14.4 Å². The Morgan fingerprint density at radius 3 is 2.56 bits per heavy atom. The summed E-state index contributed by atoms with van der Waals surface area (Å²) in [7, 11) is 0. The zero-order valence-corrected chi connectivity index (χ0v) is 18.6. The van der Waals surface area contributed by atoms with Crippen LogP contribution in [0, 0.1) is 0 Å². The fraction of sp³-hybridized carbons (Fsp3) is 0.185. The van der Waals surface area contributed by atoms with Crippen LogP contribution in [0.25, 0.3) is 0 Å². The molecule has 4 aromatic rings. The van der Waals surface area contributed by atoms with Crippen LogP contribution in [0.5, 0.6) is 11.5 Å². The molecule has 0 aliphatic carbocycles. The van der Waals surface area contributed by atoms with E-state index in [1.54, 1.807) is 24.5 Å². The molecule has 0 saturated carbocycles. The van der Waals surface area contributed by atoms with Crippen molar-refractivity contribution in [3.05, 3.63) is 108 Å². The summed E-state index contributed by atoms with van der Waals surface area (Å²) >= 11 is 0. The maximum atomic E-state index is 11.8. The molecule has 1 saturated heterocycles. The topological polar surface area (TPSA) is 76.8 Å². The Hall–Kier alpha value is -4.26. The number of hydrogen-bond acceptors (Lipinski definition) is 5. The summed E-state index contributed by atoms with van der Waals surface area (Å²) in [4.78, 5) is 18.1. The van der Waals surface area contributed by atoms with E-state index in [0.29, 0.717) is 31.8 Å². The Kier molecular flexibility index (Phi) is 6.16. The number of pyridine rings is 1. The van der Waals surface area contributed by atoms with Crippen LogP contribution in [0.4, 0.5) is 5.69 Å². The van der Waals surface area contributed by atoms with E-state index in [0.717, 1.165) is 28.3 Å². The van der Waals surface area contributed by atoms with Gasteiger partial charge in [-0.05, 0) is 54.1 Å². The molecule has 172 valence electrons. The van der Waals surface area contributed by atoms with E-state index in [4.69, 9.17) is 9.47 Å². The highest BCUT2D eigenvalue weighted by Crippen LogP contribution is 2.31. The van der Waals surface area contributed by atoms with Crippen molar-refractivity contribution in [3.63, 3.8) is 0 Å². The lowest BCUT2D eigenvalue weighted by molar-refractivity contribution is 0.0695. The highest BCUT2D eigenvalue weighted by atomic mass is 16.5. The van der Waals surface area contributed by atoms with E-state index < -0.39 is 5.97 Å². The van der Waals surface area contributed by atoms with Gasteiger partial charge in [-0.2, -0.15) is 0 Å². The predicted molar refractivity (Wildman–Crippen MR) is 129 cm³/mol. The average molecular weight is 456 g/mol. The first kappa shape index (κ1) is 21.6. The van der Waals surface area contributed by atoms with Gasteiger partial charge >= 0.3 is 5.97 Å². The molecule has 2 aromatic carbocycles. The molecule has 0 bridgehead atoms. The second-order valence-corrected chi connectivity index (χ2v) is 8.23. The summed E-state index contributed by atoms with van der Waals surface area (Å²) in [6, 6.07) is 20.9. The summed E-state index contributed by atoms with van der Waals surface area (Å²) in [6.07, 6.45) is 7.31. The van der Waals surface area contributed by atoms with Crippen molar-refractivity contribution in [2.75, 3.05) is 18.0 Å². The van der Waals surface area contributed by atoms with Crippen molar-refractivity contribution >= 4 is 11.7 Å². The van der Waals surface area contributed by atoms with Crippen molar-refractivity contribution in [3.8, 4) is 11.5 Å². The first-order chi connectivity index (χ1) is 16.7. The van der Waals surface area contributed by atoms with Crippen molar-refractivity contribution in [1.82, 2.24) is 9.55 Å². The molecule has 2 aromatic heterocycles. The Morgan fingerprint density at radius 1 is 1.00 bits per heavy atom. The van der Waals surface area contributed by atoms with Crippen molar-refractivity contribution in [2.45, 2.75) is 19.3 Å². The zero-order chi connectivity index (χ0) is 23.3. The molecule has 34 heavy (non-hydrogen) atoms. The quantitative estimate of drug-likeness (QED) is 0.401. The Balaban J connectivity index is 1.23. The molecule has 0 unspecified atom stereocenters. The molecule has 3 heterocycles. The first-order valence-electron chi connectivity index (χ1n) is 11.1. The minimum atomic E-state index is -0.914. The number of benzene rings is 2. The molecule has 1 N–H and O–H groups in total. The number of nitrogens with zero attached hydrogens (tertiary/aromatic N) is 3. The number of aromatic nitrogens is 2. The summed E-state index contributed by atoms with van der Waals surface area (Å²) in [5, 5.41) is 9.71. The number of hydrogen-bond donors (Lipinski definition) is 1. The standard InChI is InChI=1S/C27H25N3O4/c31-27(32)24-9-4-10-26(25(24)18-29-12-1-2-13-29)30-16-23(17-30)34-21-7-3-6-20(14-21)19-33-22-8-5-11-28-15-22/h1-15,23H,16-19H2,(H,31,32). The number of carboxylic acid groups (broad SMARTS) is 1. The lowest BCUT2D eigenvalue weighted by Crippen LogP contribution is -2.54. The van der Waals surface area contributed by atoms with Gasteiger partial charge in [0.1, 0.15) is 24.2 Å². The van der Waals surface area contributed by atoms with Gasteiger partial charge in [-0.15, -0.1) is 0 Å². The smallest absolute Gasteiger partial charge is 0.336 e. The van der Waals surface area contributed by atoms with Gasteiger partial charge in [-0.1, -0.05) is 18.2 Å². The van der Waals surface area contributed by atoms with Gasteiger partial charge in [0.2, 0.25) is 0 Å². The van der Waals surface area contributed by atoms with Gasteiger partial charge in [-0.3, -0.25) is 4.98 Å². The second-order valence-electron chi connectivity index (χ2n) is 8.23. The van der Waals surface area contributed by atoms with Crippen molar-refractivity contribution in [1.29, 1.82) is 0 Å². The first-order valence-corrected chi connectivity index (χ1v) is 11.1. The Labute approximate surface area is 197 Å². The monoisotopic (exact) mass is 455 g/mol. The Bertz CT molecular complexity index is 1250. The molecular formula is C27H25N3O4. The molecule has 0 radical (unpaired) electrons. The molecule has 7 nitrogen and oxygen atoms in total. The minimum absolute atomic E-state index is 0.0300. The van der Waals surface area contributed by atoms with Crippen molar-refractivity contribution < 1.29 is 19.4 Å². The van der Waals surface area contributed by atoms with Gasteiger partial charge < -0.3 is 24.0 Å². The number of rotatable bonds is 9. The van der Waals surface area contributed by atoms with E-state index in [1.807, 2.05) is 71.6 Å². The second kappa shape index (κ2) is 9.70. The third kappa shape index (κ3) is 4.88. The summed E-state index contributed by atoms with van der Waals surface area (Å²) in [6.45, 7) is 2.33. The van der Waals surface area contributed by atoms with Gasteiger partial charge in [-0.25, -0.2) is 4.79 Å². The van der Waals surface area contributed by atoms with Gasteiger partial charge in [0.25, 0.3) is 0 Å². The number of anilines is 1. The lowest BCUT2D eigenvalue weighted by Gasteiger charge is -2.42.